The number of nitrogens with two attached hydrogens (primary N) is 1. The first-order valence-corrected chi connectivity index (χ1v) is 9.67. The lowest BCUT2D eigenvalue weighted by atomic mass is 10.1. The molecule has 3 aromatic rings. The van der Waals surface area contributed by atoms with Gasteiger partial charge in [0.2, 0.25) is 5.91 Å². The van der Waals surface area contributed by atoms with Crippen molar-refractivity contribution in [2.45, 2.75) is 25.7 Å². The molecule has 0 fully saturated rings. The first-order valence-electron chi connectivity index (χ1n) is 9.67. The molecule has 0 saturated heterocycles. The van der Waals surface area contributed by atoms with E-state index in [1.807, 2.05) is 42.5 Å². The SMILES string of the molecule is Nc1ccccc1NC(=O)CCCCCNC(=O)c1cc(-c2ccccc2)n[nH]1. The molecule has 1 heterocycles. The third-order valence-corrected chi connectivity index (χ3v) is 4.49. The molecule has 0 aliphatic carbocycles. The quantitative estimate of drug-likeness (QED) is 0.330. The van der Waals surface area contributed by atoms with Gasteiger partial charge in [0.25, 0.3) is 5.91 Å². The largest absolute Gasteiger partial charge is 0.397 e. The molecule has 29 heavy (non-hydrogen) atoms. The van der Waals surface area contributed by atoms with Crippen LogP contribution in [0.4, 0.5) is 11.4 Å². The Morgan fingerprint density at radius 1 is 0.966 bits per heavy atom. The third-order valence-electron chi connectivity index (χ3n) is 4.49. The fraction of sp³-hybridized carbons (Fsp3) is 0.227. The highest BCUT2D eigenvalue weighted by atomic mass is 16.2. The monoisotopic (exact) mass is 391 g/mol. The predicted molar refractivity (Wildman–Crippen MR) is 114 cm³/mol. The van der Waals surface area contributed by atoms with Gasteiger partial charge < -0.3 is 16.4 Å². The van der Waals surface area contributed by atoms with E-state index in [0.29, 0.717) is 30.0 Å². The molecule has 2 amide bonds. The van der Waals surface area contributed by atoms with Crippen LogP contribution in [0.3, 0.4) is 0 Å². The molecule has 5 N–H and O–H groups in total. The molecule has 0 atom stereocenters. The summed E-state index contributed by atoms with van der Waals surface area (Å²) >= 11 is 0. The summed E-state index contributed by atoms with van der Waals surface area (Å²) in [6.07, 6.45) is 2.81. The maximum Gasteiger partial charge on any atom is 0.269 e. The number of unbranched alkanes of at least 4 members (excludes halogenated alkanes) is 2. The van der Waals surface area contributed by atoms with Gasteiger partial charge in [-0.3, -0.25) is 14.7 Å². The number of carbonyl (C=O) groups is 2. The number of carbonyl (C=O) groups excluding carboxylic acids is 2. The van der Waals surface area contributed by atoms with E-state index in [0.717, 1.165) is 30.5 Å². The number of anilines is 2. The van der Waals surface area contributed by atoms with Crippen LogP contribution in [0.5, 0.6) is 0 Å². The molecular formula is C22H25N5O2. The van der Waals surface area contributed by atoms with Crippen molar-refractivity contribution >= 4 is 23.2 Å². The number of hydrogen-bond acceptors (Lipinski definition) is 4. The zero-order valence-electron chi connectivity index (χ0n) is 16.2. The normalized spacial score (nSPS) is 10.5. The van der Waals surface area contributed by atoms with E-state index in [1.54, 1.807) is 18.2 Å². The smallest absolute Gasteiger partial charge is 0.269 e. The highest BCUT2D eigenvalue weighted by Gasteiger charge is 2.10. The van der Waals surface area contributed by atoms with Crippen LogP contribution in [-0.4, -0.2) is 28.6 Å². The third kappa shape index (κ3) is 5.93. The number of nitrogens with zero attached hydrogens (tertiary/aromatic N) is 1. The standard InChI is InChI=1S/C22H25N5O2/c23-17-11-6-7-12-18(17)25-21(28)13-5-2-8-14-24-22(29)20-15-19(26-27-20)16-9-3-1-4-10-16/h1,3-4,6-7,9-12,15H,2,5,8,13-14,23H2,(H,24,29)(H,25,28)(H,26,27). The van der Waals surface area contributed by atoms with Gasteiger partial charge in [-0.25, -0.2) is 0 Å². The highest BCUT2D eigenvalue weighted by molar-refractivity contribution is 5.94. The Bertz CT molecular complexity index is 953. The molecule has 0 aliphatic heterocycles. The molecule has 3 rings (SSSR count). The Morgan fingerprint density at radius 3 is 2.52 bits per heavy atom. The van der Waals surface area contributed by atoms with Crippen molar-refractivity contribution in [2.24, 2.45) is 0 Å². The van der Waals surface area contributed by atoms with Gasteiger partial charge in [0.15, 0.2) is 0 Å². The Hall–Kier alpha value is -3.61. The minimum absolute atomic E-state index is 0.0576. The number of nitrogens with one attached hydrogen (secondary N) is 3. The Kier molecular flexibility index (Phi) is 7.00. The van der Waals surface area contributed by atoms with Crippen LogP contribution in [0, 0.1) is 0 Å². The number of nitrogen functional groups attached to an aromatic ring is 1. The van der Waals surface area contributed by atoms with Gasteiger partial charge in [0, 0.05) is 18.5 Å². The van der Waals surface area contributed by atoms with Crippen molar-refractivity contribution in [1.29, 1.82) is 0 Å². The summed E-state index contributed by atoms with van der Waals surface area (Å²) in [7, 11) is 0. The molecule has 0 spiro atoms. The molecule has 7 nitrogen and oxygen atoms in total. The minimum atomic E-state index is -0.183. The fourth-order valence-corrected chi connectivity index (χ4v) is 2.90. The van der Waals surface area contributed by atoms with Gasteiger partial charge >= 0.3 is 0 Å². The first-order chi connectivity index (χ1) is 14.1. The van der Waals surface area contributed by atoms with Crippen LogP contribution in [0.2, 0.25) is 0 Å². The van der Waals surface area contributed by atoms with Crippen LogP contribution in [0.15, 0.2) is 60.7 Å². The second-order valence-corrected chi connectivity index (χ2v) is 6.73. The predicted octanol–water partition coefficient (Wildman–Crippen LogP) is 3.59. The van der Waals surface area contributed by atoms with E-state index in [9.17, 15) is 9.59 Å². The van der Waals surface area contributed by atoms with Gasteiger partial charge in [-0.1, -0.05) is 48.9 Å². The van der Waals surface area contributed by atoms with Crippen LogP contribution in [-0.2, 0) is 4.79 Å². The number of H-pyrrole nitrogens is 1. The summed E-state index contributed by atoms with van der Waals surface area (Å²) in [4.78, 5) is 24.2. The van der Waals surface area contributed by atoms with Crippen LogP contribution < -0.4 is 16.4 Å². The van der Waals surface area contributed by atoms with Crippen LogP contribution >= 0.6 is 0 Å². The highest BCUT2D eigenvalue weighted by Crippen LogP contribution is 2.18. The van der Waals surface area contributed by atoms with E-state index in [4.69, 9.17) is 5.73 Å². The summed E-state index contributed by atoms with van der Waals surface area (Å²) in [6.45, 7) is 0.547. The molecule has 150 valence electrons. The van der Waals surface area contributed by atoms with Crippen molar-refractivity contribution in [3.63, 3.8) is 0 Å². The van der Waals surface area contributed by atoms with Crippen molar-refractivity contribution in [2.75, 3.05) is 17.6 Å². The number of hydrogen-bond donors (Lipinski definition) is 4. The second-order valence-electron chi connectivity index (χ2n) is 6.73. The Labute approximate surface area is 169 Å². The summed E-state index contributed by atoms with van der Waals surface area (Å²) in [5.41, 5.74) is 9.13. The molecule has 1 aromatic heterocycles. The zero-order valence-corrected chi connectivity index (χ0v) is 16.2. The fourth-order valence-electron chi connectivity index (χ4n) is 2.90. The molecule has 0 aliphatic rings. The summed E-state index contributed by atoms with van der Waals surface area (Å²) in [5.74, 6) is -0.241. The lowest BCUT2D eigenvalue weighted by molar-refractivity contribution is -0.116. The van der Waals surface area contributed by atoms with Gasteiger partial charge in [0.05, 0.1) is 17.1 Å². The van der Waals surface area contributed by atoms with Crippen molar-refractivity contribution in [3.8, 4) is 11.3 Å². The summed E-state index contributed by atoms with van der Waals surface area (Å²) in [5, 5.41) is 12.6. The number of rotatable bonds is 9. The number of para-hydroxylation sites is 2. The molecular weight excluding hydrogens is 366 g/mol. The van der Waals surface area contributed by atoms with Crippen molar-refractivity contribution in [3.05, 3.63) is 66.4 Å². The topological polar surface area (TPSA) is 113 Å². The van der Waals surface area contributed by atoms with Crippen molar-refractivity contribution < 1.29 is 9.59 Å². The maximum absolute atomic E-state index is 12.2. The number of aromatic amines is 1. The molecule has 0 radical (unpaired) electrons. The van der Waals surface area contributed by atoms with E-state index in [2.05, 4.69) is 20.8 Å². The molecule has 0 bridgehead atoms. The van der Waals surface area contributed by atoms with Gasteiger partial charge in [0.1, 0.15) is 5.69 Å². The Balaban J connectivity index is 1.32. The number of amides is 2. The average molecular weight is 391 g/mol. The average Bonchev–Trinajstić information content (AvgIpc) is 3.23. The van der Waals surface area contributed by atoms with E-state index >= 15 is 0 Å². The van der Waals surface area contributed by atoms with E-state index in [-0.39, 0.29) is 11.8 Å². The van der Waals surface area contributed by atoms with E-state index in [1.165, 1.54) is 0 Å². The van der Waals surface area contributed by atoms with Gasteiger partial charge in [-0.05, 0) is 31.0 Å². The molecule has 2 aromatic carbocycles. The summed E-state index contributed by atoms with van der Waals surface area (Å²) in [6, 6.07) is 18.6. The molecule has 0 saturated carbocycles. The Morgan fingerprint density at radius 2 is 1.72 bits per heavy atom. The number of benzene rings is 2. The lowest BCUT2D eigenvalue weighted by Gasteiger charge is -2.08. The molecule has 7 heteroatoms. The zero-order chi connectivity index (χ0) is 20.5. The van der Waals surface area contributed by atoms with Crippen LogP contribution in [0.25, 0.3) is 11.3 Å². The van der Waals surface area contributed by atoms with Crippen LogP contribution in [0.1, 0.15) is 36.2 Å². The summed E-state index contributed by atoms with van der Waals surface area (Å²) < 4.78 is 0. The minimum Gasteiger partial charge on any atom is -0.397 e. The molecule has 0 unspecified atom stereocenters. The second kappa shape index (κ2) is 10.1. The van der Waals surface area contributed by atoms with Gasteiger partial charge in [-0.15, -0.1) is 0 Å². The van der Waals surface area contributed by atoms with Gasteiger partial charge in [-0.2, -0.15) is 5.10 Å². The van der Waals surface area contributed by atoms with E-state index < -0.39 is 0 Å². The first kappa shape index (κ1) is 20.1. The van der Waals surface area contributed by atoms with Crippen molar-refractivity contribution in [1.82, 2.24) is 15.5 Å². The maximum atomic E-state index is 12.2. The lowest BCUT2D eigenvalue weighted by Crippen LogP contribution is -2.24. The number of aromatic nitrogens is 2.